The predicted molar refractivity (Wildman–Crippen MR) is 63.8 cm³/mol. The van der Waals surface area contributed by atoms with Crippen molar-refractivity contribution < 1.29 is 18.7 Å². The summed E-state index contributed by atoms with van der Waals surface area (Å²) in [5.74, 6) is -0.551. The minimum Gasteiger partial charge on any atom is -0.497 e. The fourth-order valence-corrected chi connectivity index (χ4v) is 1.31. The number of hydrogen-bond donors (Lipinski definition) is 1. The molecule has 1 aromatic carbocycles. The van der Waals surface area contributed by atoms with Crippen LogP contribution in [0.2, 0.25) is 0 Å². The molecule has 1 rings (SSSR count). The first-order valence-electron chi connectivity index (χ1n) is 4.74. The second-order valence-corrected chi connectivity index (χ2v) is 3.27. The molecule has 0 saturated heterocycles. The molecular weight excluding hydrogens is 249 g/mol. The maximum absolute atomic E-state index is 13.5. The van der Waals surface area contributed by atoms with E-state index in [1.165, 1.54) is 26.4 Å². The van der Waals surface area contributed by atoms with E-state index in [-0.39, 0.29) is 24.4 Å². The number of carbonyl (C=O) groups excluding carboxylic acids is 1. The molecule has 1 aromatic rings. The van der Waals surface area contributed by atoms with E-state index in [9.17, 15) is 9.18 Å². The molecule has 0 spiro atoms. The first-order chi connectivity index (χ1) is 7.58. The van der Waals surface area contributed by atoms with E-state index in [2.05, 4.69) is 4.74 Å². The molecule has 2 N–H and O–H groups in total. The standard InChI is InChI=1S/C11H14FNO3.ClH/c1-15-7-3-4-8(9(12)5-7)10(13)6-11(14)16-2;/h3-5,10H,6,13H2,1-2H3;1H/t10-;/m1./s1. The first kappa shape index (κ1) is 15.7. The molecule has 0 aliphatic rings. The molecule has 4 nitrogen and oxygen atoms in total. The largest absolute Gasteiger partial charge is 0.497 e. The molecule has 0 fully saturated rings. The van der Waals surface area contributed by atoms with Gasteiger partial charge in [0.15, 0.2) is 0 Å². The van der Waals surface area contributed by atoms with Crippen LogP contribution in [0.3, 0.4) is 0 Å². The van der Waals surface area contributed by atoms with Gasteiger partial charge in [0.1, 0.15) is 11.6 Å². The Hall–Kier alpha value is -1.33. The Balaban J connectivity index is 0.00000256. The number of carbonyl (C=O) groups is 1. The number of nitrogens with two attached hydrogens (primary N) is 1. The minimum atomic E-state index is -0.710. The average Bonchev–Trinajstić information content (AvgIpc) is 2.28. The highest BCUT2D eigenvalue weighted by Gasteiger charge is 2.16. The van der Waals surface area contributed by atoms with Crippen LogP contribution in [-0.2, 0) is 9.53 Å². The smallest absolute Gasteiger partial charge is 0.307 e. The van der Waals surface area contributed by atoms with Crippen LogP contribution in [0.5, 0.6) is 5.75 Å². The Labute approximate surface area is 105 Å². The molecule has 17 heavy (non-hydrogen) atoms. The van der Waals surface area contributed by atoms with Gasteiger partial charge in [-0.3, -0.25) is 4.79 Å². The molecule has 0 radical (unpaired) electrons. The number of rotatable bonds is 4. The third-order valence-electron chi connectivity index (χ3n) is 2.22. The molecule has 6 heteroatoms. The van der Waals surface area contributed by atoms with Crippen LogP contribution in [-0.4, -0.2) is 20.2 Å². The lowest BCUT2D eigenvalue weighted by atomic mass is 10.0. The average molecular weight is 264 g/mol. The molecule has 96 valence electrons. The highest BCUT2D eigenvalue weighted by atomic mass is 35.5. The Bertz CT molecular complexity index is 387. The van der Waals surface area contributed by atoms with Gasteiger partial charge in [0, 0.05) is 17.7 Å². The lowest BCUT2D eigenvalue weighted by Gasteiger charge is -2.12. The summed E-state index contributed by atoms with van der Waals surface area (Å²) in [5.41, 5.74) is 5.95. The van der Waals surface area contributed by atoms with Crippen molar-refractivity contribution in [2.24, 2.45) is 5.73 Å². The van der Waals surface area contributed by atoms with E-state index >= 15 is 0 Å². The quantitative estimate of drug-likeness (QED) is 0.842. The van der Waals surface area contributed by atoms with E-state index in [0.717, 1.165) is 0 Å². The normalized spacial score (nSPS) is 11.3. The van der Waals surface area contributed by atoms with Gasteiger partial charge < -0.3 is 15.2 Å². The highest BCUT2D eigenvalue weighted by molar-refractivity contribution is 5.85. The molecule has 0 aliphatic heterocycles. The monoisotopic (exact) mass is 263 g/mol. The zero-order valence-corrected chi connectivity index (χ0v) is 10.4. The summed E-state index contributed by atoms with van der Waals surface area (Å²) in [6, 6.07) is 3.61. The van der Waals surface area contributed by atoms with Crippen LogP contribution in [0.15, 0.2) is 18.2 Å². The van der Waals surface area contributed by atoms with Crippen LogP contribution in [0, 0.1) is 5.82 Å². The van der Waals surface area contributed by atoms with E-state index in [4.69, 9.17) is 10.5 Å². The van der Waals surface area contributed by atoms with Crippen LogP contribution in [0.1, 0.15) is 18.0 Å². The van der Waals surface area contributed by atoms with Crippen molar-refractivity contribution in [2.45, 2.75) is 12.5 Å². The van der Waals surface area contributed by atoms with Gasteiger partial charge in [-0.2, -0.15) is 0 Å². The summed E-state index contributed by atoms with van der Waals surface area (Å²) in [5, 5.41) is 0. The summed E-state index contributed by atoms with van der Waals surface area (Å²) in [6.07, 6.45) is -0.0558. The third kappa shape index (κ3) is 4.20. The zero-order valence-electron chi connectivity index (χ0n) is 9.60. The molecular formula is C11H15ClFNO3. The second kappa shape index (κ2) is 7.09. The van der Waals surface area contributed by atoms with Crippen molar-refractivity contribution in [1.29, 1.82) is 0 Å². The Morgan fingerprint density at radius 2 is 2.12 bits per heavy atom. The molecule has 1 atom stereocenters. The summed E-state index contributed by atoms with van der Waals surface area (Å²) in [7, 11) is 2.71. The summed E-state index contributed by atoms with van der Waals surface area (Å²) in [4.78, 5) is 11.0. The van der Waals surface area contributed by atoms with E-state index in [0.29, 0.717) is 5.75 Å². The minimum absolute atomic E-state index is 0. The number of esters is 1. The molecule has 0 heterocycles. The Kier molecular flexibility index (Phi) is 6.53. The van der Waals surface area contributed by atoms with Crippen LogP contribution >= 0.6 is 12.4 Å². The molecule has 0 bridgehead atoms. The molecule has 0 amide bonds. The number of benzene rings is 1. The van der Waals surface area contributed by atoms with E-state index in [1.54, 1.807) is 6.07 Å². The number of halogens is 2. The van der Waals surface area contributed by atoms with Crippen LogP contribution < -0.4 is 10.5 Å². The SMILES string of the molecule is COC(=O)C[C@@H](N)c1ccc(OC)cc1F.Cl. The van der Waals surface area contributed by atoms with Crippen molar-refractivity contribution in [3.63, 3.8) is 0 Å². The fraction of sp³-hybridized carbons (Fsp3) is 0.364. The lowest BCUT2D eigenvalue weighted by molar-refractivity contribution is -0.141. The second-order valence-electron chi connectivity index (χ2n) is 3.27. The molecule has 0 unspecified atom stereocenters. The molecule has 0 aliphatic carbocycles. The van der Waals surface area contributed by atoms with E-state index in [1.807, 2.05) is 0 Å². The topological polar surface area (TPSA) is 61.5 Å². The predicted octanol–water partition coefficient (Wildman–Crippen LogP) is 1.82. The molecule has 0 saturated carbocycles. The first-order valence-corrected chi connectivity index (χ1v) is 4.74. The van der Waals surface area contributed by atoms with Crippen molar-refractivity contribution in [1.82, 2.24) is 0 Å². The lowest BCUT2D eigenvalue weighted by Crippen LogP contribution is -2.17. The van der Waals surface area contributed by atoms with Crippen molar-refractivity contribution >= 4 is 18.4 Å². The summed E-state index contributed by atoms with van der Waals surface area (Å²) >= 11 is 0. The third-order valence-corrected chi connectivity index (χ3v) is 2.22. The van der Waals surface area contributed by atoms with Crippen LogP contribution in [0.25, 0.3) is 0 Å². The summed E-state index contributed by atoms with van der Waals surface area (Å²) < 4.78 is 22.9. The molecule has 0 aromatic heterocycles. The van der Waals surface area contributed by atoms with E-state index < -0.39 is 17.8 Å². The number of ether oxygens (including phenoxy) is 2. The summed E-state index contributed by atoms with van der Waals surface area (Å²) in [6.45, 7) is 0. The Morgan fingerprint density at radius 1 is 1.47 bits per heavy atom. The van der Waals surface area contributed by atoms with Gasteiger partial charge in [0.05, 0.1) is 20.6 Å². The van der Waals surface area contributed by atoms with Crippen molar-refractivity contribution in [3.8, 4) is 5.75 Å². The van der Waals surface area contributed by atoms with Gasteiger partial charge >= 0.3 is 5.97 Å². The van der Waals surface area contributed by atoms with Crippen molar-refractivity contribution in [3.05, 3.63) is 29.6 Å². The maximum Gasteiger partial charge on any atom is 0.307 e. The van der Waals surface area contributed by atoms with Gasteiger partial charge in [0.2, 0.25) is 0 Å². The number of hydrogen-bond acceptors (Lipinski definition) is 4. The fourth-order valence-electron chi connectivity index (χ4n) is 1.31. The van der Waals surface area contributed by atoms with Gasteiger partial charge in [-0.05, 0) is 6.07 Å². The van der Waals surface area contributed by atoms with Gasteiger partial charge in [-0.25, -0.2) is 4.39 Å². The highest BCUT2D eigenvalue weighted by Crippen LogP contribution is 2.22. The van der Waals surface area contributed by atoms with Gasteiger partial charge in [0.25, 0.3) is 0 Å². The maximum atomic E-state index is 13.5. The zero-order chi connectivity index (χ0) is 12.1. The Morgan fingerprint density at radius 3 is 2.59 bits per heavy atom. The van der Waals surface area contributed by atoms with Gasteiger partial charge in [-0.15, -0.1) is 12.4 Å². The number of methoxy groups -OCH3 is 2. The van der Waals surface area contributed by atoms with Gasteiger partial charge in [-0.1, -0.05) is 6.07 Å². The van der Waals surface area contributed by atoms with Crippen molar-refractivity contribution in [2.75, 3.05) is 14.2 Å². The van der Waals surface area contributed by atoms with Crippen LogP contribution in [0.4, 0.5) is 4.39 Å².